The van der Waals surface area contributed by atoms with E-state index in [1.807, 2.05) is 0 Å². The molecule has 1 aliphatic heterocycles. The van der Waals surface area contributed by atoms with Gasteiger partial charge in [0.1, 0.15) is 15.6 Å². The normalized spacial score (nSPS) is 15.0. The van der Waals surface area contributed by atoms with Crippen LogP contribution in [0.5, 0.6) is 0 Å². The number of imidazole rings is 1. The van der Waals surface area contributed by atoms with Crippen molar-refractivity contribution in [2.75, 3.05) is 13.2 Å². The Bertz CT molecular complexity index is 1560. The number of hydrogen-bond donors (Lipinski definition) is 5. The molecule has 0 unspecified atom stereocenters. The van der Waals surface area contributed by atoms with Crippen molar-refractivity contribution in [3.05, 3.63) is 41.7 Å². The lowest BCUT2D eigenvalue weighted by atomic mass is 9.97. The van der Waals surface area contributed by atoms with Gasteiger partial charge in [-0.15, -0.1) is 5.11 Å². The van der Waals surface area contributed by atoms with Gasteiger partial charge >= 0.3 is 0 Å². The molecule has 2 aromatic carbocycles. The average molecular weight is 521 g/mol. The predicted molar refractivity (Wildman–Crippen MR) is 129 cm³/mol. The van der Waals surface area contributed by atoms with Gasteiger partial charge in [0.25, 0.3) is 0 Å². The summed E-state index contributed by atoms with van der Waals surface area (Å²) in [6, 6.07) is 7.79. The third-order valence-electron chi connectivity index (χ3n) is 5.39. The number of benzene rings is 2. The van der Waals surface area contributed by atoms with Gasteiger partial charge in [-0.25, -0.2) is 36.7 Å². The van der Waals surface area contributed by atoms with Crippen LogP contribution in [0, 0.1) is 0 Å². The molecule has 3 aromatic rings. The van der Waals surface area contributed by atoms with Crippen LogP contribution in [0.1, 0.15) is 24.7 Å². The number of primary sulfonamides is 1. The number of para-hydroxylation sites is 1. The molecule has 0 amide bonds. The number of nitrogens with zero attached hydrogens (tertiary/aromatic N) is 4. The van der Waals surface area contributed by atoms with Crippen molar-refractivity contribution in [1.29, 1.82) is 0 Å². The molecule has 186 valence electrons. The minimum atomic E-state index is -4.62. The second kappa shape index (κ2) is 9.52. The fourth-order valence-corrected chi connectivity index (χ4v) is 6.36. The highest BCUT2D eigenvalue weighted by molar-refractivity contribution is 7.92. The highest BCUT2D eigenvalue weighted by Crippen LogP contribution is 2.37. The molecule has 0 saturated heterocycles. The molecule has 15 heteroatoms. The van der Waals surface area contributed by atoms with Crippen molar-refractivity contribution in [2.24, 2.45) is 26.1 Å². The molecular formula is C20H24N8O5S2. The van der Waals surface area contributed by atoms with Crippen molar-refractivity contribution < 1.29 is 21.9 Å². The van der Waals surface area contributed by atoms with E-state index in [1.165, 1.54) is 6.07 Å². The van der Waals surface area contributed by atoms with E-state index in [9.17, 15) is 21.9 Å². The highest BCUT2D eigenvalue weighted by Gasteiger charge is 2.33. The summed E-state index contributed by atoms with van der Waals surface area (Å²) in [5, 5.41) is 23.1. The van der Waals surface area contributed by atoms with Crippen molar-refractivity contribution >= 4 is 36.9 Å². The van der Waals surface area contributed by atoms with Crippen molar-refractivity contribution in [2.45, 2.75) is 35.8 Å². The monoisotopic (exact) mass is 520 g/mol. The number of amidine groups is 1. The van der Waals surface area contributed by atoms with Crippen LogP contribution in [-0.4, -0.2) is 57.1 Å². The Morgan fingerprint density at radius 3 is 2.57 bits per heavy atom. The van der Waals surface area contributed by atoms with Gasteiger partial charge in [-0.2, -0.15) is 5.11 Å². The van der Waals surface area contributed by atoms with E-state index in [0.29, 0.717) is 34.4 Å². The number of aromatic nitrogens is 2. The van der Waals surface area contributed by atoms with E-state index in [2.05, 4.69) is 29.9 Å². The van der Waals surface area contributed by atoms with Crippen LogP contribution in [0.25, 0.3) is 22.2 Å². The van der Waals surface area contributed by atoms with Gasteiger partial charge in [-0.1, -0.05) is 25.1 Å². The van der Waals surface area contributed by atoms with E-state index >= 15 is 0 Å². The zero-order valence-corrected chi connectivity index (χ0v) is 20.3. The minimum absolute atomic E-state index is 0.0549. The Morgan fingerprint density at radius 1 is 1.17 bits per heavy atom. The summed E-state index contributed by atoms with van der Waals surface area (Å²) < 4.78 is 54.2. The first-order valence-electron chi connectivity index (χ1n) is 10.5. The zero-order chi connectivity index (χ0) is 25.4. The van der Waals surface area contributed by atoms with Crippen LogP contribution in [0.3, 0.4) is 0 Å². The maximum absolute atomic E-state index is 13.1. The molecule has 0 bridgehead atoms. The lowest BCUT2D eigenvalue weighted by Gasteiger charge is -2.18. The van der Waals surface area contributed by atoms with Gasteiger partial charge in [0, 0.05) is 12.1 Å². The number of H-pyrrole nitrogens is 1. The Labute approximate surface area is 201 Å². The molecule has 35 heavy (non-hydrogen) atoms. The third kappa shape index (κ3) is 4.86. The molecule has 0 spiro atoms. The maximum atomic E-state index is 13.1. The van der Waals surface area contributed by atoms with Crippen LogP contribution in [0.15, 0.2) is 55.3 Å². The molecule has 1 aliphatic rings. The summed E-state index contributed by atoms with van der Waals surface area (Å²) in [5.74, 6) is 0.428. The molecule has 7 N–H and O–H groups in total. The van der Waals surface area contributed by atoms with Gasteiger partial charge < -0.3 is 15.8 Å². The second-order valence-electron chi connectivity index (χ2n) is 7.73. The number of hydrogen-bond acceptors (Lipinski definition) is 10. The molecule has 0 aliphatic carbocycles. The molecule has 13 nitrogen and oxygen atoms in total. The van der Waals surface area contributed by atoms with E-state index in [1.54, 1.807) is 25.1 Å². The Kier molecular flexibility index (Phi) is 6.81. The Morgan fingerprint density at radius 2 is 1.94 bits per heavy atom. The summed E-state index contributed by atoms with van der Waals surface area (Å²) in [6.45, 7) is 1.46. The van der Waals surface area contributed by atoms with E-state index in [0.717, 1.165) is 6.07 Å². The summed E-state index contributed by atoms with van der Waals surface area (Å²) >= 11 is 0. The third-order valence-corrected chi connectivity index (χ3v) is 7.98. The smallest absolute Gasteiger partial charge is 0.242 e. The lowest BCUT2D eigenvalue weighted by molar-refractivity contribution is 0.174. The SMILES string of the molecule is CC[C@@H](O)CNS(=O)(=O)c1ccc(-c2cccc3[nH]c(CN)nc23)c(C2=NCN=N2)c1S(N)(=O)=O. The summed E-state index contributed by atoms with van der Waals surface area (Å²) in [6.07, 6.45) is -0.659. The summed E-state index contributed by atoms with van der Waals surface area (Å²) in [5.41, 5.74) is 7.52. The molecule has 4 rings (SSSR count). The number of nitrogens with two attached hydrogens (primary N) is 2. The van der Waals surface area contributed by atoms with Crippen LogP contribution in [-0.2, 0) is 26.6 Å². The number of sulfonamides is 2. The maximum Gasteiger partial charge on any atom is 0.242 e. The number of nitrogens with one attached hydrogen (secondary N) is 2. The first-order chi connectivity index (χ1) is 16.6. The first-order valence-corrected chi connectivity index (χ1v) is 13.6. The van der Waals surface area contributed by atoms with Gasteiger partial charge in [-0.05, 0) is 24.1 Å². The van der Waals surface area contributed by atoms with Crippen molar-refractivity contribution in [3.63, 3.8) is 0 Å². The molecule has 0 radical (unpaired) electrons. The number of fused-ring (bicyclic) bond motifs is 1. The van der Waals surface area contributed by atoms with Gasteiger partial charge in [-0.3, -0.25) is 0 Å². The summed E-state index contributed by atoms with van der Waals surface area (Å²) in [7, 11) is -9.03. The number of aliphatic hydroxyl groups is 1. The van der Waals surface area contributed by atoms with E-state index in [-0.39, 0.29) is 31.2 Å². The van der Waals surface area contributed by atoms with Crippen LogP contribution in [0.2, 0.25) is 0 Å². The molecule has 2 heterocycles. The van der Waals surface area contributed by atoms with E-state index in [4.69, 9.17) is 10.9 Å². The minimum Gasteiger partial charge on any atom is -0.392 e. The number of aromatic amines is 1. The average Bonchev–Trinajstić information content (AvgIpc) is 3.50. The van der Waals surface area contributed by atoms with Crippen LogP contribution >= 0.6 is 0 Å². The fraction of sp³-hybridized carbons (Fsp3) is 0.300. The van der Waals surface area contributed by atoms with Crippen molar-refractivity contribution in [1.82, 2.24) is 14.7 Å². The lowest BCUT2D eigenvalue weighted by Crippen LogP contribution is -2.33. The zero-order valence-electron chi connectivity index (χ0n) is 18.6. The topological polar surface area (TPSA) is 218 Å². The molecule has 1 atom stereocenters. The summed E-state index contributed by atoms with van der Waals surface area (Å²) in [4.78, 5) is 10.4. The quantitative estimate of drug-likeness (QED) is 0.269. The Balaban J connectivity index is 2.04. The van der Waals surface area contributed by atoms with E-state index < -0.39 is 35.9 Å². The number of aliphatic hydroxyl groups excluding tert-OH is 1. The Hall–Kier alpha value is -3.08. The largest absolute Gasteiger partial charge is 0.392 e. The number of aliphatic imine (C=N–C) groups is 1. The molecule has 1 aromatic heterocycles. The number of rotatable bonds is 9. The van der Waals surface area contributed by atoms with Crippen LogP contribution in [0.4, 0.5) is 0 Å². The highest BCUT2D eigenvalue weighted by atomic mass is 32.2. The van der Waals surface area contributed by atoms with Crippen LogP contribution < -0.4 is 15.6 Å². The predicted octanol–water partition coefficient (Wildman–Crippen LogP) is 0.555. The van der Waals surface area contributed by atoms with Gasteiger partial charge in [0.15, 0.2) is 12.5 Å². The standard InChI is InChI=1S/C20H24N8O5S2/c1-2-11(29)9-25-35(32,33)15-7-6-12(13-4-3-5-14-18(13)27-16(8-21)26-14)17(19(15)34(22,30)31)20-23-10-24-28-20/h3-7,11,25,29H,2,8-10,21H2,1H3,(H,26,27)(H2,22,30,31)/t11-/m1/s1. The molecular weight excluding hydrogens is 496 g/mol. The molecule has 0 saturated carbocycles. The number of azo groups is 1. The fourth-order valence-electron chi connectivity index (χ4n) is 3.69. The second-order valence-corrected chi connectivity index (χ2v) is 11.0. The van der Waals surface area contributed by atoms with Gasteiger partial charge in [0.05, 0.1) is 29.2 Å². The first kappa shape index (κ1) is 25.0. The van der Waals surface area contributed by atoms with Crippen molar-refractivity contribution in [3.8, 4) is 11.1 Å². The van der Waals surface area contributed by atoms with Gasteiger partial charge in [0.2, 0.25) is 20.0 Å². The molecule has 0 fully saturated rings.